The topological polar surface area (TPSA) is 9.23 Å². The van der Waals surface area contributed by atoms with Crippen LogP contribution in [0.2, 0.25) is 0 Å². The molecule has 0 spiro atoms. The van der Waals surface area contributed by atoms with Gasteiger partial charge in [-0.05, 0) is 37.1 Å². The number of benzene rings is 1. The van der Waals surface area contributed by atoms with Crippen LogP contribution >= 0.6 is 11.8 Å². The van der Waals surface area contributed by atoms with Crippen molar-refractivity contribution in [3.05, 3.63) is 23.3 Å². The molecule has 0 aromatic heterocycles. The van der Waals surface area contributed by atoms with E-state index in [4.69, 9.17) is 4.74 Å². The molecule has 1 aromatic carbocycles. The number of aryl methyl sites for hydroxylation is 2. The van der Waals surface area contributed by atoms with E-state index in [-0.39, 0.29) is 0 Å². The Labute approximate surface area is 86.5 Å². The van der Waals surface area contributed by atoms with Crippen molar-refractivity contribution in [1.29, 1.82) is 0 Å². The Kier molecular flexibility index (Phi) is 3.75. The van der Waals surface area contributed by atoms with Gasteiger partial charge in [0.25, 0.3) is 5.76 Å². The van der Waals surface area contributed by atoms with Crippen molar-refractivity contribution in [2.45, 2.75) is 24.5 Å². The number of thioether (sulfide) groups is 1. The summed E-state index contributed by atoms with van der Waals surface area (Å²) in [6.45, 7) is 3.64. The maximum Gasteiger partial charge on any atom is 0.288 e. The van der Waals surface area contributed by atoms with Gasteiger partial charge >= 0.3 is 0 Å². The second-order valence-electron chi connectivity index (χ2n) is 2.97. The first-order valence-electron chi connectivity index (χ1n) is 4.14. The van der Waals surface area contributed by atoms with E-state index in [0.717, 1.165) is 16.9 Å². The van der Waals surface area contributed by atoms with Crippen molar-refractivity contribution in [2.24, 2.45) is 0 Å². The van der Waals surface area contributed by atoms with E-state index in [2.05, 4.69) is 0 Å². The van der Waals surface area contributed by atoms with Gasteiger partial charge in [0.1, 0.15) is 5.75 Å². The number of hydrogen-bond donors (Lipinski definition) is 0. The lowest BCUT2D eigenvalue weighted by Crippen LogP contribution is -1.91. The summed E-state index contributed by atoms with van der Waals surface area (Å²) >= 11 is 0.570. The van der Waals surface area contributed by atoms with Crippen LogP contribution in [0.5, 0.6) is 5.75 Å². The Hall–Kier alpha value is -0.770. The van der Waals surface area contributed by atoms with Crippen LogP contribution in [0.1, 0.15) is 11.1 Å². The van der Waals surface area contributed by atoms with Crippen LogP contribution in [0.15, 0.2) is 17.0 Å². The first kappa shape index (κ1) is 11.3. The van der Waals surface area contributed by atoms with E-state index in [1.54, 1.807) is 26.2 Å². The van der Waals surface area contributed by atoms with Gasteiger partial charge in [-0.15, -0.1) is 0 Å². The van der Waals surface area contributed by atoms with Crippen molar-refractivity contribution in [3.8, 4) is 5.75 Å². The summed E-state index contributed by atoms with van der Waals surface area (Å²) in [5.41, 5.74) is 1.69. The van der Waals surface area contributed by atoms with Crippen LogP contribution < -0.4 is 4.74 Å². The number of halogens is 2. The largest absolute Gasteiger partial charge is 0.496 e. The third-order valence-corrected chi connectivity index (χ3v) is 2.78. The molecule has 0 N–H and O–H groups in total. The molecule has 0 saturated heterocycles. The highest BCUT2D eigenvalue weighted by Crippen LogP contribution is 2.32. The van der Waals surface area contributed by atoms with Crippen molar-refractivity contribution in [2.75, 3.05) is 7.11 Å². The van der Waals surface area contributed by atoms with Crippen LogP contribution in [0.25, 0.3) is 0 Å². The molecular formula is C10H12F2OS. The van der Waals surface area contributed by atoms with Gasteiger partial charge in [0.05, 0.1) is 7.11 Å². The SMILES string of the molecule is COc1cc(C)c(SC(F)F)cc1C. The molecule has 0 fully saturated rings. The fraction of sp³-hybridized carbons (Fsp3) is 0.400. The highest BCUT2D eigenvalue weighted by molar-refractivity contribution is 7.99. The average molecular weight is 218 g/mol. The Bertz CT molecular complexity index is 326. The maximum atomic E-state index is 12.1. The predicted molar refractivity (Wildman–Crippen MR) is 54.3 cm³/mol. The molecule has 1 rings (SSSR count). The van der Waals surface area contributed by atoms with Gasteiger partial charge in [-0.25, -0.2) is 0 Å². The van der Waals surface area contributed by atoms with E-state index >= 15 is 0 Å². The van der Waals surface area contributed by atoms with Crippen molar-refractivity contribution >= 4 is 11.8 Å². The van der Waals surface area contributed by atoms with Gasteiger partial charge in [-0.3, -0.25) is 0 Å². The minimum absolute atomic E-state index is 0.570. The van der Waals surface area contributed by atoms with Crippen LogP contribution in [0.3, 0.4) is 0 Å². The molecule has 0 bridgehead atoms. The van der Waals surface area contributed by atoms with Crippen LogP contribution in [-0.2, 0) is 0 Å². The Balaban J connectivity index is 3.02. The monoisotopic (exact) mass is 218 g/mol. The lowest BCUT2D eigenvalue weighted by molar-refractivity contribution is 0.252. The number of ether oxygens (including phenoxy) is 1. The maximum absolute atomic E-state index is 12.1. The first-order valence-corrected chi connectivity index (χ1v) is 5.02. The molecule has 0 aliphatic rings. The Morgan fingerprint density at radius 2 is 1.86 bits per heavy atom. The predicted octanol–water partition coefficient (Wildman–Crippen LogP) is 3.63. The van der Waals surface area contributed by atoms with E-state index in [0.29, 0.717) is 16.7 Å². The zero-order valence-corrected chi connectivity index (χ0v) is 9.12. The molecule has 0 aliphatic heterocycles. The summed E-state index contributed by atoms with van der Waals surface area (Å²) < 4.78 is 29.4. The Morgan fingerprint density at radius 1 is 1.21 bits per heavy atom. The van der Waals surface area contributed by atoms with Crippen molar-refractivity contribution in [3.63, 3.8) is 0 Å². The quantitative estimate of drug-likeness (QED) is 0.716. The normalized spacial score (nSPS) is 10.7. The summed E-state index contributed by atoms with van der Waals surface area (Å²) in [6.07, 6.45) is 0. The average Bonchev–Trinajstić information content (AvgIpc) is 2.10. The number of rotatable bonds is 3. The molecule has 0 saturated carbocycles. The molecule has 1 aromatic rings. The zero-order valence-electron chi connectivity index (χ0n) is 8.30. The fourth-order valence-corrected chi connectivity index (χ4v) is 1.89. The van der Waals surface area contributed by atoms with Crippen molar-refractivity contribution in [1.82, 2.24) is 0 Å². The smallest absolute Gasteiger partial charge is 0.288 e. The van der Waals surface area contributed by atoms with Gasteiger partial charge in [0.15, 0.2) is 0 Å². The summed E-state index contributed by atoms with van der Waals surface area (Å²) in [4.78, 5) is 0.610. The van der Waals surface area contributed by atoms with Gasteiger partial charge in [-0.1, -0.05) is 11.8 Å². The number of methoxy groups -OCH3 is 1. The molecule has 0 aliphatic carbocycles. The lowest BCUT2D eigenvalue weighted by Gasteiger charge is -2.10. The van der Waals surface area contributed by atoms with E-state index in [9.17, 15) is 8.78 Å². The summed E-state index contributed by atoms with van der Waals surface area (Å²) in [6, 6.07) is 3.50. The molecule has 0 amide bonds. The third kappa shape index (κ3) is 2.61. The molecule has 0 heterocycles. The number of hydrogen-bond acceptors (Lipinski definition) is 2. The van der Waals surface area contributed by atoms with Gasteiger partial charge in [0.2, 0.25) is 0 Å². The summed E-state index contributed by atoms with van der Waals surface area (Å²) in [7, 11) is 1.57. The molecule has 4 heteroatoms. The third-order valence-electron chi connectivity index (χ3n) is 1.91. The highest BCUT2D eigenvalue weighted by Gasteiger charge is 2.10. The molecule has 14 heavy (non-hydrogen) atoms. The molecule has 0 radical (unpaired) electrons. The van der Waals surface area contributed by atoms with E-state index < -0.39 is 5.76 Å². The highest BCUT2D eigenvalue weighted by atomic mass is 32.2. The standard InChI is InChI=1S/C10H12F2OS/c1-6-5-9(14-10(11)12)7(2)4-8(6)13-3/h4-5,10H,1-3H3. The van der Waals surface area contributed by atoms with E-state index in [1.807, 2.05) is 6.92 Å². The lowest BCUT2D eigenvalue weighted by atomic mass is 10.1. The van der Waals surface area contributed by atoms with Gasteiger partial charge < -0.3 is 4.74 Å². The first-order chi connectivity index (χ1) is 6.54. The van der Waals surface area contributed by atoms with Crippen LogP contribution in [-0.4, -0.2) is 12.9 Å². The molecule has 1 nitrogen and oxygen atoms in total. The molecular weight excluding hydrogens is 206 g/mol. The van der Waals surface area contributed by atoms with Crippen LogP contribution in [0, 0.1) is 13.8 Å². The molecule has 78 valence electrons. The zero-order chi connectivity index (χ0) is 10.7. The molecule has 0 unspecified atom stereocenters. The van der Waals surface area contributed by atoms with E-state index in [1.165, 1.54) is 0 Å². The summed E-state index contributed by atoms with van der Waals surface area (Å²) in [5, 5.41) is 0. The van der Waals surface area contributed by atoms with Gasteiger partial charge in [-0.2, -0.15) is 8.78 Å². The number of alkyl halides is 2. The minimum atomic E-state index is -2.37. The Morgan fingerprint density at radius 3 is 2.36 bits per heavy atom. The molecule has 0 atom stereocenters. The summed E-state index contributed by atoms with van der Waals surface area (Å²) in [5.74, 6) is -1.64. The van der Waals surface area contributed by atoms with Crippen LogP contribution in [0.4, 0.5) is 8.78 Å². The fourth-order valence-electron chi connectivity index (χ4n) is 1.21. The van der Waals surface area contributed by atoms with Gasteiger partial charge in [0, 0.05) is 4.90 Å². The minimum Gasteiger partial charge on any atom is -0.496 e. The second-order valence-corrected chi connectivity index (χ2v) is 4.00. The van der Waals surface area contributed by atoms with Crippen molar-refractivity contribution < 1.29 is 13.5 Å². The second kappa shape index (κ2) is 4.64.